The SMILES string of the molecule is CN(CCNC(=O)C(F)(F)F)C(=O)c1cc(F)c(N2CCCC(Cn3cccc3)C2)cc1F. The molecule has 2 heterocycles. The number of halogens is 5. The van der Waals surface area contributed by atoms with E-state index in [0.29, 0.717) is 13.1 Å². The number of nitrogens with zero attached hydrogens (tertiary/aromatic N) is 3. The van der Waals surface area contributed by atoms with Crippen molar-refractivity contribution in [3.63, 3.8) is 0 Å². The fourth-order valence-electron chi connectivity index (χ4n) is 3.91. The van der Waals surface area contributed by atoms with Crippen molar-refractivity contribution in [2.75, 3.05) is 38.1 Å². The number of anilines is 1. The van der Waals surface area contributed by atoms with E-state index in [4.69, 9.17) is 0 Å². The van der Waals surface area contributed by atoms with Crippen molar-refractivity contribution in [3.05, 3.63) is 53.9 Å². The molecule has 0 spiro atoms. The molecule has 1 saturated heterocycles. The van der Waals surface area contributed by atoms with Gasteiger partial charge in [0.25, 0.3) is 5.91 Å². The van der Waals surface area contributed by atoms with Gasteiger partial charge >= 0.3 is 12.1 Å². The third-order valence-corrected chi connectivity index (χ3v) is 5.60. The molecule has 2 aromatic rings. The zero-order chi connectivity index (χ0) is 24.2. The molecule has 3 rings (SSSR count). The number of carbonyl (C=O) groups excluding carboxylic acids is 2. The number of amides is 2. The predicted octanol–water partition coefficient (Wildman–Crippen LogP) is 3.43. The Hall–Kier alpha value is -3.11. The Morgan fingerprint density at radius 2 is 1.85 bits per heavy atom. The molecule has 6 nitrogen and oxygen atoms in total. The van der Waals surface area contributed by atoms with Gasteiger partial charge < -0.3 is 19.7 Å². The van der Waals surface area contributed by atoms with Crippen LogP contribution in [0.1, 0.15) is 23.2 Å². The fourth-order valence-corrected chi connectivity index (χ4v) is 3.91. The summed E-state index contributed by atoms with van der Waals surface area (Å²) in [4.78, 5) is 26.0. The number of likely N-dealkylation sites (N-methyl/N-ethyl adjacent to an activating group) is 1. The second-order valence-electron chi connectivity index (χ2n) is 8.10. The van der Waals surface area contributed by atoms with Gasteiger partial charge in [-0.2, -0.15) is 13.2 Å². The van der Waals surface area contributed by atoms with Gasteiger partial charge in [0.2, 0.25) is 0 Å². The van der Waals surface area contributed by atoms with Crippen LogP contribution in [0.2, 0.25) is 0 Å². The first kappa shape index (κ1) is 24.5. The van der Waals surface area contributed by atoms with Gasteiger partial charge in [-0.05, 0) is 37.0 Å². The van der Waals surface area contributed by atoms with E-state index in [1.807, 2.05) is 29.1 Å². The Labute approximate surface area is 188 Å². The fraction of sp³-hybridized carbons (Fsp3) is 0.455. The maximum Gasteiger partial charge on any atom is 0.471 e. The number of carbonyl (C=O) groups is 2. The lowest BCUT2D eigenvalue weighted by Gasteiger charge is -2.35. The minimum absolute atomic E-state index is 0.0707. The predicted molar refractivity (Wildman–Crippen MR) is 112 cm³/mol. The molecule has 1 N–H and O–H groups in total. The van der Waals surface area contributed by atoms with Gasteiger partial charge in [-0.15, -0.1) is 0 Å². The van der Waals surface area contributed by atoms with E-state index >= 15 is 0 Å². The van der Waals surface area contributed by atoms with Gasteiger partial charge in [0, 0.05) is 58.2 Å². The molecule has 0 saturated carbocycles. The van der Waals surface area contributed by atoms with Crippen molar-refractivity contribution < 1.29 is 31.5 Å². The number of rotatable bonds is 7. The van der Waals surface area contributed by atoms with Gasteiger partial charge in [0.1, 0.15) is 11.6 Å². The Morgan fingerprint density at radius 3 is 2.52 bits per heavy atom. The molecular weight excluding hydrogens is 447 g/mol. The lowest BCUT2D eigenvalue weighted by molar-refractivity contribution is -0.173. The molecule has 1 fully saturated rings. The standard InChI is InChI=1S/C22H25F5N4O2/c1-29(10-6-28-21(33)22(25,26)27)20(32)16-11-18(24)19(12-17(16)23)31-9-4-5-15(14-31)13-30-7-2-3-8-30/h2-3,7-8,11-12,15H,4-6,9-10,13-14H2,1H3,(H,28,33). The highest BCUT2D eigenvalue weighted by molar-refractivity contribution is 5.94. The number of hydrogen-bond acceptors (Lipinski definition) is 3. The summed E-state index contributed by atoms with van der Waals surface area (Å²) in [6.45, 7) is 1.07. The summed E-state index contributed by atoms with van der Waals surface area (Å²) in [6.07, 6.45) is 0.642. The van der Waals surface area contributed by atoms with Crippen LogP contribution in [0.4, 0.5) is 27.6 Å². The van der Waals surface area contributed by atoms with Crippen LogP contribution >= 0.6 is 0 Å². The molecule has 11 heteroatoms. The highest BCUT2D eigenvalue weighted by atomic mass is 19.4. The van der Waals surface area contributed by atoms with Gasteiger partial charge in [-0.25, -0.2) is 8.78 Å². The smallest absolute Gasteiger partial charge is 0.369 e. The number of piperidine rings is 1. The van der Waals surface area contributed by atoms with Gasteiger partial charge in [-0.1, -0.05) is 0 Å². The van der Waals surface area contributed by atoms with Crippen LogP contribution in [0, 0.1) is 17.6 Å². The quantitative estimate of drug-likeness (QED) is 0.629. The maximum absolute atomic E-state index is 14.9. The van der Waals surface area contributed by atoms with Gasteiger partial charge in [-0.3, -0.25) is 9.59 Å². The highest BCUT2D eigenvalue weighted by Crippen LogP contribution is 2.29. The number of hydrogen-bond donors (Lipinski definition) is 1. The number of alkyl halides is 3. The van der Waals surface area contributed by atoms with E-state index in [9.17, 15) is 31.5 Å². The van der Waals surface area contributed by atoms with Crippen LogP contribution in [0.3, 0.4) is 0 Å². The van der Waals surface area contributed by atoms with Crippen LogP contribution < -0.4 is 10.2 Å². The summed E-state index contributed by atoms with van der Waals surface area (Å²) < 4.78 is 68.3. The topological polar surface area (TPSA) is 57.6 Å². The first-order chi connectivity index (χ1) is 15.6. The molecule has 1 aromatic heterocycles. The van der Waals surface area contributed by atoms with Crippen molar-refractivity contribution in [2.45, 2.75) is 25.6 Å². The molecule has 1 aliphatic heterocycles. The van der Waals surface area contributed by atoms with Crippen LogP contribution in [-0.4, -0.2) is 60.7 Å². The first-order valence-electron chi connectivity index (χ1n) is 10.5. The average molecular weight is 472 g/mol. The minimum Gasteiger partial charge on any atom is -0.369 e. The Bertz CT molecular complexity index is 978. The molecule has 1 atom stereocenters. The summed E-state index contributed by atoms with van der Waals surface area (Å²) in [5.74, 6) is -4.45. The van der Waals surface area contributed by atoms with Crippen molar-refractivity contribution in [3.8, 4) is 0 Å². The molecule has 0 aliphatic carbocycles. The molecule has 180 valence electrons. The number of benzene rings is 1. The molecule has 1 unspecified atom stereocenters. The lowest BCUT2D eigenvalue weighted by atomic mass is 9.97. The molecule has 1 aromatic carbocycles. The van der Waals surface area contributed by atoms with E-state index in [1.54, 1.807) is 10.2 Å². The summed E-state index contributed by atoms with van der Waals surface area (Å²) in [5.41, 5.74) is -0.455. The summed E-state index contributed by atoms with van der Waals surface area (Å²) in [7, 11) is 1.23. The monoisotopic (exact) mass is 472 g/mol. The van der Waals surface area contributed by atoms with E-state index in [1.165, 1.54) is 7.05 Å². The molecule has 2 amide bonds. The van der Waals surface area contributed by atoms with E-state index < -0.39 is 41.7 Å². The van der Waals surface area contributed by atoms with E-state index in [-0.39, 0.29) is 18.2 Å². The van der Waals surface area contributed by atoms with E-state index in [2.05, 4.69) is 0 Å². The largest absolute Gasteiger partial charge is 0.471 e. The van der Waals surface area contributed by atoms with Crippen LogP contribution in [-0.2, 0) is 11.3 Å². The molecule has 33 heavy (non-hydrogen) atoms. The third kappa shape index (κ3) is 6.23. The van der Waals surface area contributed by atoms with Crippen LogP contribution in [0.15, 0.2) is 36.7 Å². The Kier molecular flexibility index (Phi) is 7.60. The van der Waals surface area contributed by atoms with Crippen molar-refractivity contribution in [2.24, 2.45) is 5.92 Å². The number of nitrogens with one attached hydrogen (secondary N) is 1. The van der Waals surface area contributed by atoms with Crippen molar-refractivity contribution in [1.29, 1.82) is 0 Å². The highest BCUT2D eigenvalue weighted by Gasteiger charge is 2.38. The van der Waals surface area contributed by atoms with Crippen LogP contribution in [0.25, 0.3) is 0 Å². The third-order valence-electron chi connectivity index (χ3n) is 5.60. The zero-order valence-electron chi connectivity index (χ0n) is 18.0. The molecular formula is C22H25F5N4O2. The summed E-state index contributed by atoms with van der Waals surface area (Å²) in [6, 6.07) is 5.65. The summed E-state index contributed by atoms with van der Waals surface area (Å²) in [5, 5.41) is 1.62. The summed E-state index contributed by atoms with van der Waals surface area (Å²) >= 11 is 0. The lowest BCUT2D eigenvalue weighted by Crippen LogP contribution is -2.42. The second kappa shape index (κ2) is 10.2. The molecule has 0 radical (unpaired) electrons. The Balaban J connectivity index is 1.64. The van der Waals surface area contributed by atoms with Gasteiger partial charge in [0.15, 0.2) is 0 Å². The normalized spacial score (nSPS) is 16.5. The number of aromatic nitrogens is 1. The Morgan fingerprint density at radius 1 is 1.15 bits per heavy atom. The second-order valence-corrected chi connectivity index (χ2v) is 8.10. The van der Waals surface area contributed by atoms with E-state index in [0.717, 1.165) is 36.4 Å². The molecule has 1 aliphatic rings. The van der Waals surface area contributed by atoms with Crippen molar-refractivity contribution in [1.82, 2.24) is 14.8 Å². The zero-order valence-corrected chi connectivity index (χ0v) is 18.0. The maximum atomic E-state index is 14.9. The molecule has 0 bridgehead atoms. The average Bonchev–Trinajstić information content (AvgIpc) is 3.27. The first-order valence-corrected chi connectivity index (χ1v) is 10.5. The minimum atomic E-state index is -5.04. The van der Waals surface area contributed by atoms with Gasteiger partial charge in [0.05, 0.1) is 11.3 Å². The van der Waals surface area contributed by atoms with Crippen molar-refractivity contribution >= 4 is 17.5 Å². The van der Waals surface area contributed by atoms with Crippen LogP contribution in [0.5, 0.6) is 0 Å².